The van der Waals surface area contributed by atoms with Crippen LogP contribution >= 0.6 is 0 Å². The number of carbonyl (C=O) groups is 1. The van der Waals surface area contributed by atoms with Crippen LogP contribution in [0.3, 0.4) is 0 Å². The number of halogens is 2. The lowest BCUT2D eigenvalue weighted by atomic mass is 10.2. The van der Waals surface area contributed by atoms with Crippen molar-refractivity contribution in [2.75, 3.05) is 11.9 Å². The monoisotopic (exact) mass is 243 g/mol. The minimum absolute atomic E-state index is 0.307. The van der Waals surface area contributed by atoms with Crippen molar-refractivity contribution in [1.29, 1.82) is 0 Å². The summed E-state index contributed by atoms with van der Waals surface area (Å²) in [4.78, 5) is 11.3. The van der Waals surface area contributed by atoms with E-state index < -0.39 is 18.4 Å². The first kappa shape index (κ1) is 13.4. The van der Waals surface area contributed by atoms with Crippen LogP contribution in [0.25, 0.3) is 0 Å². The van der Waals surface area contributed by atoms with Crippen LogP contribution in [0.4, 0.5) is 14.5 Å². The Morgan fingerprint density at radius 2 is 1.94 bits per heavy atom. The van der Waals surface area contributed by atoms with E-state index in [0.29, 0.717) is 17.9 Å². The maximum Gasteiger partial charge on any atom is 0.338 e. The minimum atomic E-state index is -2.43. The maximum atomic E-state index is 12.3. The third-order valence-corrected chi connectivity index (χ3v) is 2.17. The molecule has 1 aromatic rings. The fraction of sp³-hybridized carbons (Fsp3) is 0.417. The Balaban J connectivity index is 2.65. The van der Waals surface area contributed by atoms with Gasteiger partial charge in [0.05, 0.1) is 18.2 Å². The minimum Gasteiger partial charge on any atom is -0.462 e. The summed E-state index contributed by atoms with van der Waals surface area (Å²) in [7, 11) is 0. The van der Waals surface area contributed by atoms with Crippen molar-refractivity contribution in [3.63, 3.8) is 0 Å². The van der Waals surface area contributed by atoms with Crippen LogP contribution in [0, 0.1) is 0 Å². The smallest absolute Gasteiger partial charge is 0.338 e. The number of hydrogen-bond acceptors (Lipinski definition) is 3. The van der Waals surface area contributed by atoms with Crippen LogP contribution < -0.4 is 5.32 Å². The van der Waals surface area contributed by atoms with Crippen LogP contribution in [-0.4, -0.2) is 25.0 Å². The van der Waals surface area contributed by atoms with E-state index in [4.69, 9.17) is 4.74 Å². The second-order valence-corrected chi connectivity index (χ2v) is 3.57. The van der Waals surface area contributed by atoms with Gasteiger partial charge in [-0.05, 0) is 38.1 Å². The SMILES string of the molecule is CCOC(=O)c1ccc(NC(C)C(F)F)cc1. The average molecular weight is 243 g/mol. The first-order valence-corrected chi connectivity index (χ1v) is 5.36. The molecule has 94 valence electrons. The van der Waals surface area contributed by atoms with Gasteiger partial charge in [0.25, 0.3) is 6.43 Å². The van der Waals surface area contributed by atoms with Crippen molar-refractivity contribution in [3.05, 3.63) is 29.8 Å². The second kappa shape index (κ2) is 6.18. The van der Waals surface area contributed by atoms with Gasteiger partial charge in [0.1, 0.15) is 0 Å². The first-order valence-electron chi connectivity index (χ1n) is 5.36. The normalized spacial score (nSPS) is 12.3. The zero-order valence-electron chi connectivity index (χ0n) is 9.74. The summed E-state index contributed by atoms with van der Waals surface area (Å²) in [6, 6.07) is 5.30. The predicted octanol–water partition coefficient (Wildman–Crippen LogP) is 2.93. The molecule has 0 aromatic heterocycles. The van der Waals surface area contributed by atoms with Crippen LogP contribution in [0.1, 0.15) is 24.2 Å². The van der Waals surface area contributed by atoms with E-state index in [1.165, 1.54) is 6.92 Å². The van der Waals surface area contributed by atoms with Crippen molar-refractivity contribution in [3.8, 4) is 0 Å². The molecule has 17 heavy (non-hydrogen) atoms. The number of nitrogens with one attached hydrogen (secondary N) is 1. The summed E-state index contributed by atoms with van der Waals surface area (Å²) in [5.41, 5.74) is 0.952. The molecule has 0 fully saturated rings. The van der Waals surface area contributed by atoms with Gasteiger partial charge in [-0.1, -0.05) is 0 Å². The van der Waals surface area contributed by atoms with E-state index in [0.717, 1.165) is 0 Å². The van der Waals surface area contributed by atoms with E-state index in [2.05, 4.69) is 5.32 Å². The molecule has 1 atom stereocenters. The fourth-order valence-electron chi connectivity index (χ4n) is 1.24. The Kier molecular flexibility index (Phi) is 4.87. The van der Waals surface area contributed by atoms with Gasteiger partial charge in [-0.2, -0.15) is 0 Å². The van der Waals surface area contributed by atoms with Gasteiger partial charge in [0.2, 0.25) is 0 Å². The van der Waals surface area contributed by atoms with Gasteiger partial charge >= 0.3 is 5.97 Å². The van der Waals surface area contributed by atoms with Crippen LogP contribution in [0.2, 0.25) is 0 Å². The summed E-state index contributed by atoms with van der Waals surface area (Å²) < 4.78 is 29.4. The lowest BCUT2D eigenvalue weighted by Crippen LogP contribution is -2.23. The lowest BCUT2D eigenvalue weighted by molar-refractivity contribution is 0.0526. The summed E-state index contributed by atoms with van der Waals surface area (Å²) in [5, 5.41) is 2.64. The molecular weight excluding hydrogens is 228 g/mol. The summed E-state index contributed by atoms with van der Waals surface area (Å²) in [6.45, 7) is 3.42. The van der Waals surface area contributed by atoms with Gasteiger partial charge in [0.15, 0.2) is 0 Å². The number of rotatable bonds is 5. The second-order valence-electron chi connectivity index (χ2n) is 3.57. The molecule has 0 bridgehead atoms. The van der Waals surface area contributed by atoms with Crippen molar-refractivity contribution >= 4 is 11.7 Å². The highest BCUT2D eigenvalue weighted by molar-refractivity contribution is 5.89. The Morgan fingerprint density at radius 3 is 2.41 bits per heavy atom. The van der Waals surface area contributed by atoms with E-state index in [1.54, 1.807) is 31.2 Å². The van der Waals surface area contributed by atoms with Crippen LogP contribution in [-0.2, 0) is 4.74 Å². The maximum absolute atomic E-state index is 12.3. The average Bonchev–Trinajstić information content (AvgIpc) is 2.30. The van der Waals surface area contributed by atoms with Crippen molar-refractivity contribution in [2.24, 2.45) is 0 Å². The molecule has 0 aliphatic rings. The lowest BCUT2D eigenvalue weighted by Gasteiger charge is -2.14. The molecule has 0 aliphatic carbocycles. The van der Waals surface area contributed by atoms with Gasteiger partial charge in [-0.25, -0.2) is 13.6 Å². The third-order valence-electron chi connectivity index (χ3n) is 2.17. The van der Waals surface area contributed by atoms with Gasteiger partial charge in [0, 0.05) is 5.69 Å². The quantitative estimate of drug-likeness (QED) is 0.808. The number of carbonyl (C=O) groups excluding carboxylic acids is 1. The highest BCUT2D eigenvalue weighted by Gasteiger charge is 2.14. The van der Waals surface area contributed by atoms with Crippen molar-refractivity contribution in [2.45, 2.75) is 26.3 Å². The Labute approximate surface area is 98.8 Å². The first-order chi connectivity index (χ1) is 8.04. The molecule has 0 saturated carbocycles. The van der Waals surface area contributed by atoms with Crippen molar-refractivity contribution in [1.82, 2.24) is 0 Å². The van der Waals surface area contributed by atoms with E-state index in [-0.39, 0.29) is 0 Å². The molecule has 3 nitrogen and oxygen atoms in total. The summed E-state index contributed by atoms with van der Waals surface area (Å²) in [6.07, 6.45) is -2.43. The van der Waals surface area contributed by atoms with Crippen LogP contribution in [0.15, 0.2) is 24.3 Å². The Bertz CT molecular complexity index is 365. The van der Waals surface area contributed by atoms with Crippen molar-refractivity contribution < 1.29 is 18.3 Å². The number of alkyl halides is 2. The molecule has 1 rings (SSSR count). The third kappa shape index (κ3) is 4.01. The fourth-order valence-corrected chi connectivity index (χ4v) is 1.24. The number of benzene rings is 1. The molecule has 0 amide bonds. The highest BCUT2D eigenvalue weighted by atomic mass is 19.3. The number of anilines is 1. The van der Waals surface area contributed by atoms with E-state index in [1.807, 2.05) is 0 Å². The molecule has 1 unspecified atom stereocenters. The molecule has 0 spiro atoms. The topological polar surface area (TPSA) is 38.3 Å². The largest absolute Gasteiger partial charge is 0.462 e. The Morgan fingerprint density at radius 1 is 1.35 bits per heavy atom. The highest BCUT2D eigenvalue weighted by Crippen LogP contribution is 2.14. The van der Waals surface area contributed by atoms with Gasteiger partial charge in [-0.3, -0.25) is 0 Å². The zero-order chi connectivity index (χ0) is 12.8. The predicted molar refractivity (Wildman–Crippen MR) is 61.5 cm³/mol. The molecule has 0 saturated heterocycles. The van der Waals surface area contributed by atoms with Gasteiger partial charge < -0.3 is 10.1 Å². The van der Waals surface area contributed by atoms with Crippen LogP contribution in [0.5, 0.6) is 0 Å². The van der Waals surface area contributed by atoms with E-state index in [9.17, 15) is 13.6 Å². The van der Waals surface area contributed by atoms with E-state index >= 15 is 0 Å². The standard InChI is InChI=1S/C12H15F2NO2/c1-3-17-12(16)9-4-6-10(7-5-9)15-8(2)11(13)14/h4-8,11,15H,3H2,1-2H3. The molecule has 1 aromatic carbocycles. The number of esters is 1. The molecule has 0 radical (unpaired) electrons. The molecule has 1 N–H and O–H groups in total. The molecule has 0 heterocycles. The number of ether oxygens (including phenoxy) is 1. The van der Waals surface area contributed by atoms with Gasteiger partial charge in [-0.15, -0.1) is 0 Å². The zero-order valence-corrected chi connectivity index (χ0v) is 9.74. The summed E-state index contributed by atoms with van der Waals surface area (Å²) in [5.74, 6) is -0.416. The number of hydrogen-bond donors (Lipinski definition) is 1. The summed E-state index contributed by atoms with van der Waals surface area (Å²) >= 11 is 0. The molecule has 5 heteroatoms. The Hall–Kier alpha value is -1.65. The molecule has 0 aliphatic heterocycles. The molecular formula is C12H15F2NO2.